The van der Waals surface area contributed by atoms with Gasteiger partial charge in [0.1, 0.15) is 6.29 Å². The van der Waals surface area contributed by atoms with E-state index in [2.05, 4.69) is 4.98 Å². The number of allylic oxidation sites excluding steroid dienone is 1. The van der Waals surface area contributed by atoms with E-state index in [-0.39, 0.29) is 32.7 Å². The summed E-state index contributed by atoms with van der Waals surface area (Å²) in [4.78, 5) is 14.6. The van der Waals surface area contributed by atoms with Crippen LogP contribution >= 0.6 is 0 Å². The molecule has 2 rings (SSSR count). The summed E-state index contributed by atoms with van der Waals surface area (Å²) in [7, 11) is 0. The van der Waals surface area contributed by atoms with Gasteiger partial charge >= 0.3 is 0 Å². The molecular formula is C12H10NOY-. The van der Waals surface area contributed by atoms with Crippen LogP contribution in [0.5, 0.6) is 0 Å². The molecule has 1 aromatic heterocycles. The van der Waals surface area contributed by atoms with E-state index >= 15 is 0 Å². The molecule has 0 amide bonds. The van der Waals surface area contributed by atoms with Gasteiger partial charge in [-0.15, -0.1) is 5.52 Å². The molecular weight excluding hydrogens is 263 g/mol. The van der Waals surface area contributed by atoms with Crippen LogP contribution in [0.3, 0.4) is 0 Å². The number of carbonyl (C=O) groups is 1. The van der Waals surface area contributed by atoms with Crippen molar-refractivity contribution in [3.8, 4) is 0 Å². The molecule has 0 atom stereocenters. The van der Waals surface area contributed by atoms with Crippen molar-refractivity contribution in [3.05, 3.63) is 41.6 Å². The molecule has 0 bridgehead atoms. The van der Waals surface area contributed by atoms with Gasteiger partial charge in [0.05, 0.1) is 0 Å². The number of aldehydes is 1. The normalized spacial score (nSPS) is 10.5. The molecule has 0 aliphatic heterocycles. The second-order valence-electron chi connectivity index (χ2n) is 3.12. The van der Waals surface area contributed by atoms with E-state index < -0.39 is 0 Å². The van der Waals surface area contributed by atoms with Crippen LogP contribution < -0.4 is 4.98 Å². The van der Waals surface area contributed by atoms with Crippen LogP contribution in [0, 0.1) is 6.92 Å². The Balaban J connectivity index is 0.00000112. The standard InChI is InChI=1S/C12H11NO.Y/c1-9-10(6-4-8-14)11-5-2-3-7-12(11)13-9;/h2-8H,1H3,(H,13,14);/p-1. The number of benzene rings is 1. The van der Waals surface area contributed by atoms with Crippen LogP contribution in [0.15, 0.2) is 30.3 Å². The summed E-state index contributed by atoms with van der Waals surface area (Å²) in [6, 6.07) is 7.92. The zero-order valence-electron chi connectivity index (χ0n) is 8.47. The van der Waals surface area contributed by atoms with Gasteiger partial charge in [-0.3, -0.25) is 4.79 Å². The smallest absolute Gasteiger partial charge is 0.142 e. The van der Waals surface area contributed by atoms with Crippen LogP contribution in [-0.2, 0) is 37.5 Å². The predicted molar refractivity (Wildman–Crippen MR) is 57.1 cm³/mol. The van der Waals surface area contributed by atoms with Gasteiger partial charge in [0, 0.05) is 32.7 Å². The summed E-state index contributed by atoms with van der Waals surface area (Å²) in [5.41, 5.74) is 2.98. The summed E-state index contributed by atoms with van der Waals surface area (Å²) in [5, 5.41) is 1.10. The molecule has 0 aliphatic carbocycles. The first-order valence-corrected chi connectivity index (χ1v) is 4.47. The SMILES string of the molecule is Cc1[n-]c2ccccc2c1/C=C/C=O.[Y]. The number of fused-ring (bicyclic) bond motifs is 1. The molecule has 1 radical (unpaired) electrons. The minimum Gasteiger partial charge on any atom is -0.661 e. The molecule has 0 saturated carbocycles. The third-order valence-electron chi connectivity index (χ3n) is 2.21. The van der Waals surface area contributed by atoms with E-state index in [1.807, 2.05) is 31.2 Å². The second kappa shape index (κ2) is 5.38. The van der Waals surface area contributed by atoms with Gasteiger partial charge in [0.15, 0.2) is 0 Å². The van der Waals surface area contributed by atoms with Gasteiger partial charge in [-0.2, -0.15) is 5.69 Å². The average molecular weight is 273 g/mol. The van der Waals surface area contributed by atoms with Crippen molar-refractivity contribution in [1.29, 1.82) is 0 Å². The van der Waals surface area contributed by atoms with Crippen molar-refractivity contribution in [2.75, 3.05) is 0 Å². The number of para-hydroxylation sites is 1. The Bertz CT molecular complexity index is 499. The fourth-order valence-electron chi connectivity index (χ4n) is 1.58. The van der Waals surface area contributed by atoms with Crippen LogP contribution in [0.2, 0.25) is 0 Å². The van der Waals surface area contributed by atoms with Crippen LogP contribution in [0.1, 0.15) is 11.3 Å². The molecule has 0 fully saturated rings. The minimum absolute atomic E-state index is 0. The number of rotatable bonds is 2. The van der Waals surface area contributed by atoms with Crippen molar-refractivity contribution in [1.82, 2.24) is 4.98 Å². The van der Waals surface area contributed by atoms with Gasteiger partial charge in [-0.1, -0.05) is 37.3 Å². The Morgan fingerprint density at radius 3 is 2.73 bits per heavy atom. The summed E-state index contributed by atoms with van der Waals surface area (Å²) < 4.78 is 0. The molecule has 0 spiro atoms. The van der Waals surface area contributed by atoms with Gasteiger partial charge in [-0.05, 0) is 17.0 Å². The number of hydrogen-bond donors (Lipinski definition) is 0. The van der Waals surface area contributed by atoms with Crippen molar-refractivity contribution < 1.29 is 37.5 Å². The molecule has 0 unspecified atom stereocenters. The van der Waals surface area contributed by atoms with Crippen LogP contribution in [-0.4, -0.2) is 6.29 Å². The Hall–Kier alpha value is -0.726. The summed E-state index contributed by atoms with van der Waals surface area (Å²) in [6.45, 7) is 1.95. The van der Waals surface area contributed by atoms with E-state index in [1.54, 1.807) is 6.08 Å². The molecule has 1 heterocycles. The van der Waals surface area contributed by atoms with Crippen molar-refractivity contribution >= 4 is 23.3 Å². The fourth-order valence-corrected chi connectivity index (χ4v) is 1.58. The number of aryl methyl sites for hydroxylation is 1. The van der Waals surface area contributed by atoms with Gasteiger partial charge in [0.2, 0.25) is 0 Å². The number of aromatic nitrogens is 1. The van der Waals surface area contributed by atoms with Crippen molar-refractivity contribution in [3.63, 3.8) is 0 Å². The van der Waals surface area contributed by atoms with Gasteiger partial charge in [-0.25, -0.2) is 0 Å². The van der Waals surface area contributed by atoms with E-state index in [4.69, 9.17) is 0 Å². The molecule has 2 nitrogen and oxygen atoms in total. The zero-order valence-corrected chi connectivity index (χ0v) is 11.3. The molecule has 0 N–H and O–H groups in total. The maximum absolute atomic E-state index is 10.2. The Morgan fingerprint density at radius 1 is 1.27 bits per heavy atom. The van der Waals surface area contributed by atoms with Gasteiger partial charge < -0.3 is 4.98 Å². The Morgan fingerprint density at radius 2 is 2.00 bits per heavy atom. The summed E-state index contributed by atoms with van der Waals surface area (Å²) in [5.74, 6) is 0. The monoisotopic (exact) mass is 273 g/mol. The predicted octanol–water partition coefficient (Wildman–Crippen LogP) is 2.32. The number of hydrogen-bond acceptors (Lipinski definition) is 1. The van der Waals surface area contributed by atoms with Gasteiger partial charge in [0.25, 0.3) is 0 Å². The first-order chi connectivity index (χ1) is 6.83. The van der Waals surface area contributed by atoms with Crippen molar-refractivity contribution in [2.24, 2.45) is 0 Å². The van der Waals surface area contributed by atoms with E-state index in [0.29, 0.717) is 0 Å². The Kier molecular flexibility index (Phi) is 4.43. The summed E-state index contributed by atoms with van der Waals surface area (Å²) >= 11 is 0. The van der Waals surface area contributed by atoms with E-state index in [0.717, 1.165) is 28.4 Å². The van der Waals surface area contributed by atoms with Crippen molar-refractivity contribution in [2.45, 2.75) is 6.92 Å². The summed E-state index contributed by atoms with van der Waals surface area (Å²) in [6.07, 6.45) is 4.08. The minimum atomic E-state index is 0. The average Bonchev–Trinajstić information content (AvgIpc) is 2.51. The molecule has 0 saturated heterocycles. The molecule has 1 aromatic carbocycles. The third-order valence-corrected chi connectivity index (χ3v) is 2.21. The van der Waals surface area contributed by atoms with E-state index in [9.17, 15) is 4.79 Å². The number of carbonyl (C=O) groups excluding carboxylic acids is 1. The first-order valence-electron chi connectivity index (χ1n) is 4.47. The van der Waals surface area contributed by atoms with E-state index in [1.165, 1.54) is 6.08 Å². The fraction of sp³-hybridized carbons (Fsp3) is 0.0833. The molecule has 73 valence electrons. The van der Waals surface area contributed by atoms with Crippen LogP contribution in [0.4, 0.5) is 0 Å². The molecule has 0 aliphatic rings. The number of nitrogens with zero attached hydrogens (tertiary/aromatic N) is 1. The maximum atomic E-state index is 10.2. The molecule has 3 heteroatoms. The zero-order chi connectivity index (χ0) is 9.97. The third kappa shape index (κ3) is 2.44. The van der Waals surface area contributed by atoms with Crippen LogP contribution in [0.25, 0.3) is 17.0 Å². The topological polar surface area (TPSA) is 31.2 Å². The maximum Gasteiger partial charge on any atom is 0.142 e. The molecule has 15 heavy (non-hydrogen) atoms. The second-order valence-corrected chi connectivity index (χ2v) is 3.12. The quantitative estimate of drug-likeness (QED) is 0.621. The Labute approximate surface area is 114 Å². The first kappa shape index (κ1) is 12.3. The largest absolute Gasteiger partial charge is 0.661 e. The molecule has 2 aromatic rings.